The standard InChI is InChI=1S/C19H20F2N10O11P2S/c20-8-6(1-32)40-17(30-5-25-9-14(30)26-18(22)27-16(9)34)11(8)42-44(37,45)39-2-7-12(41-43(35)36)19(21,3-38-7)31-13-10(28-29-31)15(33)24-4-23-13/h4-8,11-12,17,32H,1-3H2,(H5-,22,23,24,26,27,29,33,34,35,36,37,45)/p+1/t6-,7-,8-,11-,12-,17-,19-,44?/m1/s1. The highest BCUT2D eigenvalue weighted by molar-refractivity contribution is 8.07. The van der Waals surface area contributed by atoms with Crippen LogP contribution in [0.25, 0.3) is 22.3 Å². The third kappa shape index (κ3) is 5.67. The van der Waals surface area contributed by atoms with E-state index < -0.39 is 88.5 Å². The number of nitrogens with zero attached hydrogens (tertiary/aromatic N) is 7. The molecule has 2 aliphatic heterocycles. The van der Waals surface area contributed by atoms with E-state index in [0.717, 1.165) is 17.2 Å². The van der Waals surface area contributed by atoms with Crippen LogP contribution in [0.2, 0.25) is 0 Å². The fourth-order valence-corrected chi connectivity index (χ4v) is 6.81. The topological polar surface area (TPSA) is 290 Å². The predicted molar refractivity (Wildman–Crippen MR) is 145 cm³/mol. The number of imidazole rings is 1. The number of rotatable bonds is 10. The summed E-state index contributed by atoms with van der Waals surface area (Å²) in [5.74, 6) is -3.16. The zero-order valence-electron chi connectivity index (χ0n) is 22.1. The number of nitrogen functional groups attached to an aromatic ring is 1. The molecule has 21 nitrogen and oxygen atoms in total. The maximum absolute atomic E-state index is 16.4. The lowest BCUT2D eigenvalue weighted by atomic mass is 10.1. The molecule has 6 rings (SSSR count). The van der Waals surface area contributed by atoms with Crippen molar-refractivity contribution in [1.29, 1.82) is 0 Å². The van der Waals surface area contributed by atoms with Crippen molar-refractivity contribution in [2.24, 2.45) is 0 Å². The fraction of sp³-hybridized carbons (Fsp3) is 0.526. The van der Waals surface area contributed by atoms with Gasteiger partial charge in [0, 0.05) is 4.57 Å². The Kier molecular flexibility index (Phi) is 8.33. The van der Waals surface area contributed by atoms with Crippen LogP contribution < -0.4 is 16.9 Å². The summed E-state index contributed by atoms with van der Waals surface area (Å²) in [7, 11) is -3.46. The zero-order valence-corrected chi connectivity index (χ0v) is 24.7. The van der Waals surface area contributed by atoms with Crippen LogP contribution in [0.5, 0.6) is 0 Å². The largest absolute Gasteiger partial charge is 0.695 e. The van der Waals surface area contributed by atoms with Crippen LogP contribution in [0.15, 0.2) is 22.2 Å². The lowest BCUT2D eigenvalue weighted by molar-refractivity contribution is -0.0507. The minimum absolute atomic E-state index is 0.137. The van der Waals surface area contributed by atoms with Gasteiger partial charge in [-0.25, -0.2) is 18.7 Å². The van der Waals surface area contributed by atoms with E-state index in [1.165, 1.54) is 0 Å². The van der Waals surface area contributed by atoms with Gasteiger partial charge >= 0.3 is 15.0 Å². The lowest BCUT2D eigenvalue weighted by Gasteiger charge is -2.27. The van der Waals surface area contributed by atoms with Gasteiger partial charge in [0.05, 0.1) is 25.9 Å². The molecule has 45 heavy (non-hydrogen) atoms. The van der Waals surface area contributed by atoms with Gasteiger partial charge in [0.1, 0.15) is 24.9 Å². The second-order valence-corrected chi connectivity index (χ2v) is 13.1. The fourth-order valence-electron chi connectivity index (χ4n) is 4.91. The van der Waals surface area contributed by atoms with E-state index >= 15 is 8.78 Å². The molecule has 2 unspecified atom stereocenters. The number of nitrogens with one attached hydrogen (secondary N) is 2. The number of aliphatic hydroxyl groups excluding tert-OH is 1. The number of halogens is 2. The van der Waals surface area contributed by atoms with Gasteiger partial charge < -0.3 is 34.7 Å². The summed E-state index contributed by atoms with van der Waals surface area (Å²) in [5.41, 5.74) is 3.17. The highest BCUT2D eigenvalue weighted by Gasteiger charge is 2.59. The third-order valence-corrected chi connectivity index (χ3v) is 8.87. The van der Waals surface area contributed by atoms with E-state index in [1.54, 1.807) is 0 Å². The minimum Gasteiger partial charge on any atom is -0.394 e. The molecule has 2 aliphatic rings. The average molecular weight is 697 g/mol. The summed E-state index contributed by atoms with van der Waals surface area (Å²) in [5, 5.41) is 16.8. The van der Waals surface area contributed by atoms with E-state index in [9.17, 15) is 29.0 Å². The first kappa shape index (κ1) is 31.7. The van der Waals surface area contributed by atoms with Crippen molar-refractivity contribution in [2.45, 2.75) is 42.6 Å². The molecule has 0 saturated carbocycles. The molecule has 0 aliphatic carbocycles. The van der Waals surface area contributed by atoms with Gasteiger partial charge in [-0.2, -0.15) is 9.67 Å². The van der Waals surface area contributed by atoms with Crippen LogP contribution in [0.1, 0.15) is 6.23 Å². The Morgan fingerprint density at radius 2 is 2.04 bits per heavy atom. The van der Waals surface area contributed by atoms with E-state index in [1.807, 2.05) is 0 Å². The number of hydrogen-bond acceptors (Lipinski definition) is 16. The number of alkyl halides is 2. The number of fused-ring (bicyclic) bond motifs is 2. The molecule has 0 radical (unpaired) electrons. The molecule has 0 aromatic carbocycles. The molecule has 4 aromatic rings. The number of aromatic amines is 2. The maximum atomic E-state index is 16.4. The first-order chi connectivity index (χ1) is 21.3. The summed E-state index contributed by atoms with van der Waals surface area (Å²) in [4.78, 5) is 60.8. The molecular formula is C19H21F2N10O11P2S+. The first-order valence-corrected chi connectivity index (χ1v) is 16.3. The highest BCUT2D eigenvalue weighted by Crippen LogP contribution is 2.51. The van der Waals surface area contributed by atoms with Crippen molar-refractivity contribution >= 4 is 55.1 Å². The molecule has 2 saturated heterocycles. The van der Waals surface area contributed by atoms with Crippen molar-refractivity contribution in [3.63, 3.8) is 0 Å². The zero-order chi connectivity index (χ0) is 32.3. The van der Waals surface area contributed by atoms with Gasteiger partial charge in [-0.1, -0.05) is 5.21 Å². The number of H-pyrrole nitrogens is 2. The molecule has 2 fully saturated rings. The second kappa shape index (κ2) is 11.8. The van der Waals surface area contributed by atoms with Gasteiger partial charge in [-0.05, 0) is 11.8 Å². The monoisotopic (exact) mass is 697 g/mol. The van der Waals surface area contributed by atoms with Crippen LogP contribution in [0, 0.1) is 0 Å². The Balaban J connectivity index is 1.23. The molecule has 0 spiro atoms. The number of anilines is 1. The molecule has 6 heterocycles. The number of aliphatic hydroxyl groups is 1. The average Bonchev–Trinajstić information content (AvgIpc) is 3.74. The predicted octanol–water partition coefficient (Wildman–Crippen LogP) is -1.87. The highest BCUT2D eigenvalue weighted by atomic mass is 32.5. The van der Waals surface area contributed by atoms with E-state index in [2.05, 4.69) is 35.2 Å². The van der Waals surface area contributed by atoms with Crippen LogP contribution in [-0.4, -0.2) is 110 Å². The third-order valence-electron chi connectivity index (χ3n) is 6.90. The Bertz CT molecular complexity index is 1940. The number of hydrogen-bond donors (Lipinski definition) is 6. The molecule has 7 N–H and O–H groups in total. The number of nitrogens with two attached hydrogens (primary N) is 1. The van der Waals surface area contributed by atoms with Crippen molar-refractivity contribution in [3.05, 3.63) is 33.4 Å². The van der Waals surface area contributed by atoms with Crippen molar-refractivity contribution in [3.8, 4) is 0 Å². The smallest absolute Gasteiger partial charge is 0.394 e. The SMILES string of the molecule is Nc1nc2c(ncn2[C@@H]2O[C@H](CO)[C@@H](F)[C@H]2OP(O)(=S)OC[C@H]2OC[C@@](F)(n3nnc4c(=O)[nH]cnc43)[C@@H]2O[P+](=O)O)c(=O)[nH]1. The van der Waals surface area contributed by atoms with Crippen molar-refractivity contribution in [2.75, 3.05) is 25.6 Å². The quantitative estimate of drug-likeness (QED) is 0.0990. The molecule has 26 heteroatoms. The summed E-state index contributed by atoms with van der Waals surface area (Å²) in [6.07, 6.45) is -8.35. The second-order valence-electron chi connectivity index (χ2n) is 9.64. The van der Waals surface area contributed by atoms with Gasteiger partial charge in [-0.3, -0.25) is 23.7 Å². The normalized spacial score (nSPS) is 30.3. The van der Waals surface area contributed by atoms with Gasteiger partial charge in [0.15, 0.2) is 34.7 Å². The van der Waals surface area contributed by atoms with Crippen LogP contribution in [0.3, 0.4) is 0 Å². The van der Waals surface area contributed by atoms with Crippen molar-refractivity contribution < 1.29 is 51.3 Å². The van der Waals surface area contributed by atoms with Crippen LogP contribution in [0.4, 0.5) is 14.7 Å². The Hall–Kier alpha value is -3.28. The van der Waals surface area contributed by atoms with Crippen molar-refractivity contribution in [1.82, 2.24) is 44.5 Å². The maximum Gasteiger partial charge on any atom is 0.695 e. The summed E-state index contributed by atoms with van der Waals surface area (Å²) in [6, 6.07) is 0. The van der Waals surface area contributed by atoms with E-state index in [0.29, 0.717) is 4.68 Å². The number of aromatic nitrogens is 9. The molecule has 0 bridgehead atoms. The summed E-state index contributed by atoms with van der Waals surface area (Å²) < 4.78 is 71.6. The lowest BCUT2D eigenvalue weighted by Crippen LogP contribution is -2.45. The summed E-state index contributed by atoms with van der Waals surface area (Å²) in [6.45, 7) is -7.01. The minimum atomic E-state index is -4.50. The van der Waals surface area contributed by atoms with E-state index in [4.69, 9.17) is 40.6 Å². The number of ether oxygens (including phenoxy) is 2. The molecule has 4 aromatic heterocycles. The van der Waals surface area contributed by atoms with E-state index in [-0.39, 0.29) is 28.3 Å². The molecule has 9 atom stereocenters. The summed E-state index contributed by atoms with van der Waals surface area (Å²) >= 11 is 5.05. The first-order valence-electron chi connectivity index (χ1n) is 12.5. The van der Waals surface area contributed by atoms with Crippen LogP contribution >= 0.6 is 15.0 Å². The molecule has 0 amide bonds. The van der Waals surface area contributed by atoms with Gasteiger partial charge in [0.2, 0.25) is 12.1 Å². The Labute approximate surface area is 252 Å². The Morgan fingerprint density at radius 1 is 1.27 bits per heavy atom. The van der Waals surface area contributed by atoms with Crippen LogP contribution in [-0.2, 0) is 45.2 Å². The molecular weight excluding hydrogens is 676 g/mol. The Morgan fingerprint density at radius 3 is 2.78 bits per heavy atom. The van der Waals surface area contributed by atoms with Gasteiger partial charge in [0.25, 0.3) is 16.9 Å². The van der Waals surface area contributed by atoms with Gasteiger partial charge in [-0.15, -0.1) is 14.5 Å². The molecule has 242 valence electrons.